The minimum absolute atomic E-state index is 0.0525. The van der Waals surface area contributed by atoms with Gasteiger partial charge in [0, 0.05) is 6.07 Å². The Morgan fingerprint density at radius 2 is 2.00 bits per heavy atom. The summed E-state index contributed by atoms with van der Waals surface area (Å²) in [7, 11) is 0. The topological polar surface area (TPSA) is 55.1 Å². The van der Waals surface area contributed by atoms with Crippen LogP contribution in [0.5, 0.6) is 5.75 Å². The molecule has 0 fully saturated rings. The van der Waals surface area contributed by atoms with E-state index in [-0.39, 0.29) is 22.9 Å². The van der Waals surface area contributed by atoms with Crippen LogP contribution in [0.15, 0.2) is 29.1 Å². The molecule has 0 aliphatic carbocycles. The van der Waals surface area contributed by atoms with Crippen LogP contribution < -0.4 is 5.56 Å². The zero-order valence-corrected chi connectivity index (χ0v) is 10.9. The van der Waals surface area contributed by atoms with Crippen molar-refractivity contribution < 1.29 is 5.11 Å². The van der Waals surface area contributed by atoms with Crippen molar-refractivity contribution in [3.8, 4) is 11.4 Å². The first-order chi connectivity index (χ1) is 8.52. The third-order valence-electron chi connectivity index (χ3n) is 2.85. The summed E-state index contributed by atoms with van der Waals surface area (Å²) in [5, 5.41) is 13.6. The zero-order chi connectivity index (χ0) is 13.3. The molecule has 0 unspecified atom stereocenters. The monoisotopic (exact) mass is 264 g/mol. The number of halogens is 1. The molecule has 0 aliphatic heterocycles. The highest BCUT2D eigenvalue weighted by atomic mass is 35.5. The molecule has 0 atom stereocenters. The molecule has 0 spiro atoms. The Hall–Kier alpha value is -1.81. The standard InChI is InChI=1S/C13H13ClN2O2/c1-8-3-4-10(5-9(8)2)16-13(18)6-12(17)11(7-14)15-16/h3-6,17H,7H2,1-2H3. The summed E-state index contributed by atoms with van der Waals surface area (Å²) in [6, 6.07) is 6.73. The average Bonchev–Trinajstić information content (AvgIpc) is 2.33. The Kier molecular flexibility index (Phi) is 3.39. The van der Waals surface area contributed by atoms with Gasteiger partial charge in [0.05, 0.1) is 11.6 Å². The van der Waals surface area contributed by atoms with Gasteiger partial charge in [0.1, 0.15) is 11.4 Å². The summed E-state index contributed by atoms with van der Waals surface area (Å²) < 4.78 is 1.24. The minimum Gasteiger partial charge on any atom is -0.506 e. The lowest BCUT2D eigenvalue weighted by atomic mass is 10.1. The summed E-state index contributed by atoms with van der Waals surface area (Å²) in [4.78, 5) is 11.8. The van der Waals surface area contributed by atoms with Gasteiger partial charge in [0.2, 0.25) is 0 Å². The molecule has 0 saturated carbocycles. The number of rotatable bonds is 2. The van der Waals surface area contributed by atoms with Crippen LogP contribution in [-0.2, 0) is 5.88 Å². The van der Waals surface area contributed by atoms with Gasteiger partial charge in [-0.25, -0.2) is 0 Å². The molecule has 2 rings (SSSR count). The van der Waals surface area contributed by atoms with E-state index in [1.54, 1.807) is 0 Å². The third-order valence-corrected chi connectivity index (χ3v) is 3.10. The van der Waals surface area contributed by atoms with Crippen LogP contribution in [0.1, 0.15) is 16.8 Å². The lowest BCUT2D eigenvalue weighted by Crippen LogP contribution is -2.21. The molecule has 2 aromatic rings. The maximum atomic E-state index is 11.8. The van der Waals surface area contributed by atoms with E-state index >= 15 is 0 Å². The maximum Gasteiger partial charge on any atom is 0.275 e. The highest BCUT2D eigenvalue weighted by Gasteiger charge is 2.09. The van der Waals surface area contributed by atoms with E-state index < -0.39 is 0 Å². The van der Waals surface area contributed by atoms with Gasteiger partial charge in [0.15, 0.2) is 0 Å². The first-order valence-corrected chi connectivity index (χ1v) is 6.02. The molecule has 1 N–H and O–H groups in total. The summed E-state index contributed by atoms with van der Waals surface area (Å²) in [5.41, 5.74) is 2.78. The molecule has 5 heteroatoms. The zero-order valence-electron chi connectivity index (χ0n) is 10.1. The number of aromatic nitrogens is 2. The predicted octanol–water partition coefficient (Wildman–Crippen LogP) is 2.29. The number of hydrogen-bond donors (Lipinski definition) is 1. The van der Waals surface area contributed by atoms with Crippen LogP contribution in [0.25, 0.3) is 5.69 Å². The summed E-state index contributed by atoms with van der Waals surface area (Å²) in [6.07, 6.45) is 0. The highest BCUT2D eigenvalue weighted by molar-refractivity contribution is 6.17. The van der Waals surface area contributed by atoms with E-state index in [2.05, 4.69) is 5.10 Å². The largest absolute Gasteiger partial charge is 0.506 e. The molecule has 1 aromatic heterocycles. The Bertz CT molecular complexity index is 650. The molecule has 0 amide bonds. The van der Waals surface area contributed by atoms with Crippen molar-refractivity contribution in [1.82, 2.24) is 9.78 Å². The van der Waals surface area contributed by atoms with E-state index in [0.29, 0.717) is 5.69 Å². The molecule has 1 heterocycles. The molecule has 0 radical (unpaired) electrons. The molecule has 0 saturated heterocycles. The molecule has 0 bridgehead atoms. The smallest absolute Gasteiger partial charge is 0.275 e. The van der Waals surface area contributed by atoms with Crippen LogP contribution in [0.3, 0.4) is 0 Å². The van der Waals surface area contributed by atoms with Gasteiger partial charge in [-0.1, -0.05) is 6.07 Å². The van der Waals surface area contributed by atoms with Crippen molar-refractivity contribution >= 4 is 11.6 Å². The predicted molar refractivity (Wildman–Crippen MR) is 70.5 cm³/mol. The molecule has 4 nitrogen and oxygen atoms in total. The number of benzene rings is 1. The molecular weight excluding hydrogens is 252 g/mol. The number of alkyl halides is 1. The van der Waals surface area contributed by atoms with Gasteiger partial charge >= 0.3 is 0 Å². The first-order valence-electron chi connectivity index (χ1n) is 5.48. The van der Waals surface area contributed by atoms with Crippen molar-refractivity contribution in [3.05, 3.63) is 51.4 Å². The van der Waals surface area contributed by atoms with Crippen molar-refractivity contribution in [2.24, 2.45) is 0 Å². The highest BCUT2D eigenvalue weighted by Crippen LogP contribution is 2.16. The van der Waals surface area contributed by atoms with Crippen molar-refractivity contribution in [2.45, 2.75) is 19.7 Å². The number of nitrogens with zero attached hydrogens (tertiary/aromatic N) is 2. The Labute approximate surface area is 109 Å². The average molecular weight is 265 g/mol. The Morgan fingerprint density at radius 1 is 1.28 bits per heavy atom. The second-order valence-electron chi connectivity index (χ2n) is 4.13. The minimum atomic E-state index is -0.385. The van der Waals surface area contributed by atoms with Gasteiger partial charge in [-0.2, -0.15) is 9.78 Å². The Morgan fingerprint density at radius 3 is 2.61 bits per heavy atom. The maximum absolute atomic E-state index is 11.8. The van der Waals surface area contributed by atoms with Crippen LogP contribution in [-0.4, -0.2) is 14.9 Å². The normalized spacial score (nSPS) is 10.6. The van der Waals surface area contributed by atoms with Crippen molar-refractivity contribution in [1.29, 1.82) is 0 Å². The van der Waals surface area contributed by atoms with E-state index in [1.807, 2.05) is 32.0 Å². The van der Waals surface area contributed by atoms with E-state index in [1.165, 1.54) is 4.68 Å². The van der Waals surface area contributed by atoms with Gasteiger partial charge in [-0.05, 0) is 37.1 Å². The molecule has 94 valence electrons. The lowest BCUT2D eigenvalue weighted by molar-refractivity contribution is 0.460. The summed E-state index contributed by atoms with van der Waals surface area (Å²) >= 11 is 5.66. The van der Waals surface area contributed by atoms with Gasteiger partial charge in [-0.3, -0.25) is 4.79 Å². The fourth-order valence-electron chi connectivity index (χ4n) is 1.62. The van der Waals surface area contributed by atoms with Crippen molar-refractivity contribution in [3.63, 3.8) is 0 Å². The second-order valence-corrected chi connectivity index (χ2v) is 4.40. The molecule has 18 heavy (non-hydrogen) atoms. The van der Waals surface area contributed by atoms with Crippen LogP contribution in [0.2, 0.25) is 0 Å². The number of aromatic hydroxyl groups is 1. The van der Waals surface area contributed by atoms with Gasteiger partial charge < -0.3 is 5.11 Å². The van der Waals surface area contributed by atoms with Crippen molar-refractivity contribution in [2.75, 3.05) is 0 Å². The molecule has 0 aliphatic rings. The van der Waals surface area contributed by atoms with E-state index in [9.17, 15) is 9.90 Å². The van der Waals surface area contributed by atoms with Gasteiger partial charge in [-0.15, -0.1) is 11.6 Å². The fourth-order valence-corrected chi connectivity index (χ4v) is 1.81. The summed E-state index contributed by atoms with van der Waals surface area (Å²) in [6.45, 7) is 3.96. The van der Waals surface area contributed by atoms with Crippen LogP contribution >= 0.6 is 11.6 Å². The molecular formula is C13H13ClN2O2. The van der Waals surface area contributed by atoms with Crippen LogP contribution in [0, 0.1) is 13.8 Å². The van der Waals surface area contributed by atoms with E-state index in [0.717, 1.165) is 17.2 Å². The first kappa shape index (κ1) is 12.6. The Balaban J connectivity index is 2.63. The summed E-state index contributed by atoms with van der Waals surface area (Å²) in [5.74, 6) is -0.119. The van der Waals surface area contributed by atoms with E-state index in [4.69, 9.17) is 11.6 Å². The second kappa shape index (κ2) is 4.82. The number of hydrogen-bond acceptors (Lipinski definition) is 3. The molecule has 1 aromatic carbocycles. The van der Waals surface area contributed by atoms with Crippen LogP contribution in [0.4, 0.5) is 0 Å². The fraction of sp³-hybridized carbons (Fsp3) is 0.231. The lowest BCUT2D eigenvalue weighted by Gasteiger charge is -2.09. The third kappa shape index (κ3) is 2.24. The SMILES string of the molecule is Cc1ccc(-n2nc(CCl)c(O)cc2=O)cc1C. The van der Waals surface area contributed by atoms with Gasteiger partial charge in [0.25, 0.3) is 5.56 Å². The number of aryl methyl sites for hydroxylation is 2. The quantitative estimate of drug-likeness (QED) is 0.847.